The molecular formula is C13H10ClN3O2. The Morgan fingerprint density at radius 1 is 1.42 bits per heavy atom. The van der Waals surface area contributed by atoms with Gasteiger partial charge in [-0.15, -0.1) is 0 Å². The summed E-state index contributed by atoms with van der Waals surface area (Å²) in [5.41, 5.74) is 3.09. The second-order valence-electron chi connectivity index (χ2n) is 4.39. The Hall–Kier alpha value is -2.14. The van der Waals surface area contributed by atoms with Crippen molar-refractivity contribution in [2.45, 2.75) is 12.8 Å². The normalized spacial score (nSPS) is 12.9. The van der Waals surface area contributed by atoms with Gasteiger partial charge < -0.3 is 10.1 Å². The second kappa shape index (κ2) is 4.20. The summed E-state index contributed by atoms with van der Waals surface area (Å²) in [6.45, 7) is 1.66. The van der Waals surface area contributed by atoms with E-state index in [1.165, 1.54) is 0 Å². The molecule has 19 heavy (non-hydrogen) atoms. The molecule has 1 atom stereocenters. The molecule has 1 aromatic carbocycles. The molecule has 0 spiro atoms. The SMILES string of the molecule is C[C@H](C(=O)O)c1ccc2c(c1)[nH]c1cnc(Cl)nc12. The average molecular weight is 276 g/mol. The number of fused-ring (bicyclic) bond motifs is 3. The number of nitrogens with zero attached hydrogens (tertiary/aromatic N) is 2. The smallest absolute Gasteiger partial charge is 0.310 e. The standard InChI is InChI=1S/C13H10ClN3O2/c1-6(12(18)19)7-2-3-8-9(4-7)16-10-5-15-13(14)17-11(8)10/h2-6,16H,1H3,(H,18,19)/t6-/m0/s1. The highest BCUT2D eigenvalue weighted by Crippen LogP contribution is 2.27. The monoisotopic (exact) mass is 275 g/mol. The van der Waals surface area contributed by atoms with Gasteiger partial charge in [-0.2, -0.15) is 0 Å². The van der Waals surface area contributed by atoms with Gasteiger partial charge in [-0.3, -0.25) is 4.79 Å². The minimum absolute atomic E-state index is 0.191. The first-order valence-electron chi connectivity index (χ1n) is 5.73. The van der Waals surface area contributed by atoms with E-state index in [1.54, 1.807) is 19.2 Å². The van der Waals surface area contributed by atoms with Crippen LogP contribution in [0.3, 0.4) is 0 Å². The topological polar surface area (TPSA) is 78.9 Å². The summed E-state index contributed by atoms with van der Waals surface area (Å²) in [4.78, 5) is 22.3. The zero-order chi connectivity index (χ0) is 13.6. The van der Waals surface area contributed by atoms with E-state index in [1.807, 2.05) is 12.1 Å². The van der Waals surface area contributed by atoms with Gasteiger partial charge >= 0.3 is 5.97 Å². The lowest BCUT2D eigenvalue weighted by Gasteiger charge is -2.05. The van der Waals surface area contributed by atoms with Gasteiger partial charge in [0.2, 0.25) is 5.28 Å². The lowest BCUT2D eigenvalue weighted by atomic mass is 10.0. The number of rotatable bonds is 2. The number of carboxylic acid groups (broad SMARTS) is 1. The van der Waals surface area contributed by atoms with Gasteiger partial charge in [-0.1, -0.05) is 12.1 Å². The van der Waals surface area contributed by atoms with Crippen LogP contribution in [-0.4, -0.2) is 26.0 Å². The van der Waals surface area contributed by atoms with Crippen LogP contribution >= 0.6 is 11.6 Å². The lowest BCUT2D eigenvalue weighted by Crippen LogP contribution is -2.06. The molecule has 0 aliphatic heterocycles. The molecule has 3 rings (SSSR count). The minimum Gasteiger partial charge on any atom is -0.481 e. The summed E-state index contributed by atoms with van der Waals surface area (Å²) >= 11 is 5.79. The first-order chi connectivity index (χ1) is 9.06. The molecule has 0 aliphatic rings. The molecule has 0 unspecified atom stereocenters. The third-order valence-corrected chi connectivity index (χ3v) is 3.38. The van der Waals surface area contributed by atoms with E-state index < -0.39 is 11.9 Å². The van der Waals surface area contributed by atoms with Crippen molar-refractivity contribution in [3.8, 4) is 0 Å². The molecule has 2 aromatic heterocycles. The van der Waals surface area contributed by atoms with E-state index in [9.17, 15) is 4.79 Å². The largest absolute Gasteiger partial charge is 0.481 e. The van der Waals surface area contributed by atoms with Crippen LogP contribution in [0.4, 0.5) is 0 Å². The fourth-order valence-corrected chi connectivity index (χ4v) is 2.22. The van der Waals surface area contributed by atoms with E-state index in [0.717, 1.165) is 27.5 Å². The Morgan fingerprint density at radius 3 is 2.95 bits per heavy atom. The van der Waals surface area contributed by atoms with Crippen molar-refractivity contribution in [1.29, 1.82) is 0 Å². The van der Waals surface area contributed by atoms with Gasteiger partial charge in [-0.05, 0) is 30.2 Å². The molecule has 2 N–H and O–H groups in total. The molecule has 0 bridgehead atoms. The molecule has 0 saturated carbocycles. The van der Waals surface area contributed by atoms with Crippen molar-refractivity contribution >= 4 is 39.5 Å². The van der Waals surface area contributed by atoms with Crippen molar-refractivity contribution in [2.75, 3.05) is 0 Å². The van der Waals surface area contributed by atoms with Crippen LogP contribution in [0.2, 0.25) is 5.28 Å². The molecule has 0 aliphatic carbocycles. The molecule has 96 valence electrons. The fourth-order valence-electron chi connectivity index (χ4n) is 2.09. The summed E-state index contributed by atoms with van der Waals surface area (Å²) < 4.78 is 0. The van der Waals surface area contributed by atoms with Crippen molar-refractivity contribution in [3.63, 3.8) is 0 Å². The van der Waals surface area contributed by atoms with Crippen molar-refractivity contribution in [3.05, 3.63) is 35.2 Å². The minimum atomic E-state index is -0.849. The molecule has 6 heteroatoms. The Balaban J connectivity index is 2.24. The van der Waals surface area contributed by atoms with Crippen LogP contribution in [0.1, 0.15) is 18.4 Å². The first kappa shape index (κ1) is 11.9. The van der Waals surface area contributed by atoms with Gasteiger partial charge in [0.25, 0.3) is 0 Å². The number of carboxylic acids is 1. The van der Waals surface area contributed by atoms with Crippen LogP contribution < -0.4 is 0 Å². The highest BCUT2D eigenvalue weighted by molar-refractivity contribution is 6.28. The Morgan fingerprint density at radius 2 is 2.21 bits per heavy atom. The number of H-pyrrole nitrogens is 1. The summed E-state index contributed by atoms with van der Waals surface area (Å²) in [6, 6.07) is 5.47. The first-order valence-corrected chi connectivity index (χ1v) is 6.11. The summed E-state index contributed by atoms with van der Waals surface area (Å²) in [5, 5.41) is 10.1. The van der Waals surface area contributed by atoms with Crippen LogP contribution in [0.5, 0.6) is 0 Å². The molecule has 0 saturated heterocycles. The molecule has 5 nitrogen and oxygen atoms in total. The molecule has 2 heterocycles. The molecule has 0 amide bonds. The Kier molecular flexibility index (Phi) is 2.64. The number of hydrogen-bond donors (Lipinski definition) is 2. The van der Waals surface area contributed by atoms with Crippen molar-refractivity contribution in [2.24, 2.45) is 0 Å². The summed E-state index contributed by atoms with van der Waals surface area (Å²) in [5.74, 6) is -1.40. The van der Waals surface area contributed by atoms with Gasteiger partial charge in [0.05, 0.1) is 17.6 Å². The molecular weight excluding hydrogens is 266 g/mol. The maximum Gasteiger partial charge on any atom is 0.310 e. The van der Waals surface area contributed by atoms with E-state index in [4.69, 9.17) is 16.7 Å². The van der Waals surface area contributed by atoms with Gasteiger partial charge in [0.1, 0.15) is 5.52 Å². The van der Waals surface area contributed by atoms with E-state index in [2.05, 4.69) is 15.0 Å². The predicted molar refractivity (Wildman–Crippen MR) is 72.5 cm³/mol. The zero-order valence-corrected chi connectivity index (χ0v) is 10.8. The maximum absolute atomic E-state index is 11.0. The Bertz CT molecular complexity index is 797. The summed E-state index contributed by atoms with van der Waals surface area (Å²) in [6.07, 6.45) is 1.62. The number of aliphatic carboxylic acids is 1. The maximum atomic E-state index is 11.0. The van der Waals surface area contributed by atoms with Gasteiger partial charge in [0.15, 0.2) is 0 Å². The predicted octanol–water partition coefficient (Wildman–Crippen LogP) is 2.95. The zero-order valence-electron chi connectivity index (χ0n) is 10.0. The fraction of sp³-hybridized carbons (Fsp3) is 0.154. The van der Waals surface area contributed by atoms with E-state index in [0.29, 0.717) is 0 Å². The van der Waals surface area contributed by atoms with E-state index in [-0.39, 0.29) is 5.28 Å². The van der Waals surface area contributed by atoms with Crippen molar-refractivity contribution in [1.82, 2.24) is 15.0 Å². The number of aromatic nitrogens is 3. The van der Waals surface area contributed by atoms with Gasteiger partial charge in [-0.25, -0.2) is 9.97 Å². The Labute approximate surface area is 113 Å². The van der Waals surface area contributed by atoms with Crippen LogP contribution in [-0.2, 0) is 4.79 Å². The lowest BCUT2D eigenvalue weighted by molar-refractivity contribution is -0.138. The van der Waals surface area contributed by atoms with Crippen LogP contribution in [0.15, 0.2) is 24.4 Å². The highest BCUT2D eigenvalue weighted by atomic mass is 35.5. The third kappa shape index (κ3) is 1.92. The quantitative estimate of drug-likeness (QED) is 0.705. The third-order valence-electron chi connectivity index (χ3n) is 3.20. The number of halogens is 1. The average Bonchev–Trinajstić information content (AvgIpc) is 2.74. The highest BCUT2D eigenvalue weighted by Gasteiger charge is 2.15. The van der Waals surface area contributed by atoms with E-state index >= 15 is 0 Å². The number of benzene rings is 1. The summed E-state index contributed by atoms with van der Waals surface area (Å²) in [7, 11) is 0. The number of hydrogen-bond acceptors (Lipinski definition) is 3. The number of carbonyl (C=O) groups is 1. The number of nitrogens with one attached hydrogen (secondary N) is 1. The number of aromatic amines is 1. The van der Waals surface area contributed by atoms with Crippen LogP contribution in [0, 0.1) is 0 Å². The van der Waals surface area contributed by atoms with Crippen LogP contribution in [0.25, 0.3) is 21.9 Å². The van der Waals surface area contributed by atoms with Gasteiger partial charge in [0, 0.05) is 10.9 Å². The second-order valence-corrected chi connectivity index (χ2v) is 4.73. The van der Waals surface area contributed by atoms with Crippen molar-refractivity contribution < 1.29 is 9.90 Å². The molecule has 0 fully saturated rings. The molecule has 0 radical (unpaired) electrons. The molecule has 3 aromatic rings.